The lowest BCUT2D eigenvalue weighted by molar-refractivity contribution is 0.550. The maximum absolute atomic E-state index is 11.7. The Hall–Kier alpha value is -1.88. The highest BCUT2D eigenvalue weighted by molar-refractivity contribution is 7.90. The number of sulfonamides is 1. The van der Waals surface area contributed by atoms with Crippen molar-refractivity contribution in [3.05, 3.63) is 53.2 Å². The number of nitrogens with zero attached hydrogens (tertiary/aromatic N) is 2. The van der Waals surface area contributed by atoms with E-state index in [-0.39, 0.29) is 5.75 Å². The third-order valence-electron chi connectivity index (χ3n) is 3.68. The Morgan fingerprint density at radius 3 is 2.75 bits per heavy atom. The summed E-state index contributed by atoms with van der Waals surface area (Å²) in [6.07, 6.45) is 5.72. The van der Waals surface area contributed by atoms with Gasteiger partial charge in [-0.1, -0.05) is 18.2 Å². The van der Waals surface area contributed by atoms with Crippen molar-refractivity contribution in [2.45, 2.75) is 13.8 Å². The lowest BCUT2D eigenvalue weighted by Crippen LogP contribution is -2.37. The van der Waals surface area contributed by atoms with Crippen LogP contribution in [0.1, 0.15) is 16.7 Å². The summed E-state index contributed by atoms with van der Waals surface area (Å²) in [5.41, 5.74) is 4.26. The van der Waals surface area contributed by atoms with Crippen LogP contribution in [0, 0.1) is 13.8 Å². The molecule has 1 aromatic carbocycles. The molecule has 104 valence electrons. The number of aryl methyl sites for hydroxylation is 2. The van der Waals surface area contributed by atoms with Crippen molar-refractivity contribution in [3.8, 4) is 0 Å². The molecule has 2 aliphatic heterocycles. The first-order chi connectivity index (χ1) is 9.46. The van der Waals surface area contributed by atoms with E-state index in [0.717, 1.165) is 11.1 Å². The lowest BCUT2D eigenvalue weighted by atomic mass is 9.98. The van der Waals surface area contributed by atoms with E-state index in [0.29, 0.717) is 12.4 Å². The van der Waals surface area contributed by atoms with Crippen molar-refractivity contribution in [2.75, 3.05) is 12.3 Å². The third-order valence-corrected chi connectivity index (χ3v) is 4.83. The van der Waals surface area contributed by atoms with Crippen molar-refractivity contribution < 1.29 is 8.42 Å². The van der Waals surface area contributed by atoms with E-state index in [4.69, 9.17) is 0 Å². The van der Waals surface area contributed by atoms with Crippen LogP contribution in [0.2, 0.25) is 0 Å². The van der Waals surface area contributed by atoms with Gasteiger partial charge in [-0.3, -0.25) is 0 Å². The predicted octanol–water partition coefficient (Wildman–Crippen LogP) is 2.26. The highest BCUT2D eigenvalue weighted by Gasteiger charge is 2.27. The van der Waals surface area contributed by atoms with E-state index in [1.54, 1.807) is 0 Å². The Balaban J connectivity index is 2.12. The largest absolute Gasteiger partial charge is 0.331 e. The summed E-state index contributed by atoms with van der Waals surface area (Å²) in [6, 6.07) is 6.13. The Morgan fingerprint density at radius 1 is 1.20 bits per heavy atom. The SMILES string of the molecule is Cc1ccc(C2=CC=CN3CCS(=O)(=O)N=C23)cc1C. The fraction of sp³-hybridized carbons (Fsp3) is 0.267. The van der Waals surface area contributed by atoms with Gasteiger partial charge in [-0.2, -0.15) is 0 Å². The Bertz CT molecular complexity index is 758. The molecule has 3 rings (SSSR count). The summed E-state index contributed by atoms with van der Waals surface area (Å²) < 4.78 is 27.4. The van der Waals surface area contributed by atoms with Crippen LogP contribution < -0.4 is 0 Å². The van der Waals surface area contributed by atoms with Gasteiger partial charge in [0.2, 0.25) is 0 Å². The molecule has 20 heavy (non-hydrogen) atoms. The minimum absolute atomic E-state index is 0.0705. The standard InChI is InChI=1S/C15H16N2O2S/c1-11-5-6-13(10-12(11)2)14-4-3-7-17-8-9-20(18,19)16-15(14)17/h3-7,10H,8-9H2,1-2H3. The van der Waals surface area contributed by atoms with Gasteiger partial charge < -0.3 is 4.90 Å². The van der Waals surface area contributed by atoms with Gasteiger partial charge >= 0.3 is 0 Å². The van der Waals surface area contributed by atoms with Crippen LogP contribution >= 0.6 is 0 Å². The second-order valence-electron chi connectivity index (χ2n) is 5.12. The van der Waals surface area contributed by atoms with Crippen LogP contribution in [0.25, 0.3) is 5.57 Å². The minimum Gasteiger partial charge on any atom is -0.331 e. The van der Waals surface area contributed by atoms with Crippen LogP contribution in [0.5, 0.6) is 0 Å². The molecule has 0 unspecified atom stereocenters. The van der Waals surface area contributed by atoms with E-state index in [1.807, 2.05) is 35.4 Å². The molecule has 0 radical (unpaired) electrons. The summed E-state index contributed by atoms with van der Waals surface area (Å²) in [5, 5.41) is 0. The molecule has 5 heteroatoms. The second-order valence-corrected chi connectivity index (χ2v) is 6.87. The quantitative estimate of drug-likeness (QED) is 0.796. The summed E-state index contributed by atoms with van der Waals surface area (Å²) in [4.78, 5) is 1.89. The molecule has 0 bridgehead atoms. The molecule has 0 N–H and O–H groups in total. The highest BCUT2D eigenvalue weighted by atomic mass is 32.2. The molecule has 0 amide bonds. The molecule has 0 fully saturated rings. The maximum atomic E-state index is 11.7. The molecule has 2 heterocycles. The van der Waals surface area contributed by atoms with E-state index >= 15 is 0 Å². The van der Waals surface area contributed by atoms with Gasteiger partial charge in [-0.15, -0.1) is 4.40 Å². The number of hydrogen-bond acceptors (Lipinski definition) is 3. The first-order valence-electron chi connectivity index (χ1n) is 6.52. The maximum Gasteiger partial charge on any atom is 0.256 e. The van der Waals surface area contributed by atoms with Gasteiger partial charge in [-0.25, -0.2) is 8.42 Å². The van der Waals surface area contributed by atoms with E-state index in [2.05, 4.69) is 24.3 Å². The van der Waals surface area contributed by atoms with Crippen molar-refractivity contribution in [1.82, 2.24) is 4.90 Å². The summed E-state index contributed by atoms with van der Waals surface area (Å²) in [6.45, 7) is 4.57. The molecule has 0 atom stereocenters. The van der Waals surface area contributed by atoms with Crippen molar-refractivity contribution >= 4 is 21.4 Å². The Kier molecular flexibility index (Phi) is 3.01. The smallest absolute Gasteiger partial charge is 0.256 e. The molecular formula is C15H16N2O2S. The van der Waals surface area contributed by atoms with Gasteiger partial charge in [0.25, 0.3) is 10.0 Å². The summed E-state index contributed by atoms with van der Waals surface area (Å²) in [5.74, 6) is 0.600. The van der Waals surface area contributed by atoms with E-state index < -0.39 is 10.0 Å². The molecule has 0 saturated carbocycles. The van der Waals surface area contributed by atoms with Gasteiger partial charge in [0.15, 0.2) is 5.84 Å². The normalized spacial score (nSPS) is 20.2. The number of allylic oxidation sites excluding steroid dienone is 2. The zero-order valence-electron chi connectivity index (χ0n) is 11.5. The van der Waals surface area contributed by atoms with E-state index in [1.165, 1.54) is 11.1 Å². The van der Waals surface area contributed by atoms with Crippen LogP contribution in [0.3, 0.4) is 0 Å². The van der Waals surface area contributed by atoms with Gasteiger partial charge in [0, 0.05) is 18.3 Å². The molecule has 0 saturated heterocycles. The second kappa shape index (κ2) is 4.59. The lowest BCUT2D eigenvalue weighted by Gasteiger charge is -2.29. The molecule has 1 aromatic rings. The fourth-order valence-electron chi connectivity index (χ4n) is 2.35. The van der Waals surface area contributed by atoms with Crippen molar-refractivity contribution in [3.63, 3.8) is 0 Å². The number of fused-ring (bicyclic) bond motifs is 1. The fourth-order valence-corrected chi connectivity index (χ4v) is 3.34. The van der Waals surface area contributed by atoms with Crippen LogP contribution in [-0.4, -0.2) is 31.5 Å². The average molecular weight is 288 g/mol. The Morgan fingerprint density at radius 2 is 2.00 bits per heavy atom. The minimum atomic E-state index is -3.34. The van der Waals surface area contributed by atoms with Gasteiger partial charge in [0.1, 0.15) is 0 Å². The number of hydrogen-bond donors (Lipinski definition) is 0. The van der Waals surface area contributed by atoms with E-state index in [9.17, 15) is 8.42 Å². The number of rotatable bonds is 1. The topological polar surface area (TPSA) is 49.7 Å². The molecule has 4 nitrogen and oxygen atoms in total. The summed E-state index contributed by atoms with van der Waals surface area (Å²) in [7, 11) is -3.34. The zero-order valence-corrected chi connectivity index (χ0v) is 12.3. The monoisotopic (exact) mass is 288 g/mol. The van der Waals surface area contributed by atoms with Crippen LogP contribution in [-0.2, 0) is 10.0 Å². The number of amidine groups is 1. The highest BCUT2D eigenvalue weighted by Crippen LogP contribution is 2.26. The van der Waals surface area contributed by atoms with Crippen molar-refractivity contribution in [2.24, 2.45) is 4.40 Å². The predicted molar refractivity (Wildman–Crippen MR) is 81.0 cm³/mol. The first kappa shape index (κ1) is 13.1. The number of benzene rings is 1. The molecule has 0 spiro atoms. The van der Waals surface area contributed by atoms with Gasteiger partial charge in [-0.05, 0) is 42.7 Å². The Labute approximate surface area is 119 Å². The average Bonchev–Trinajstić information content (AvgIpc) is 2.40. The third kappa shape index (κ3) is 2.29. The summed E-state index contributed by atoms with van der Waals surface area (Å²) >= 11 is 0. The van der Waals surface area contributed by atoms with Crippen LogP contribution in [0.15, 0.2) is 40.9 Å². The van der Waals surface area contributed by atoms with Crippen molar-refractivity contribution in [1.29, 1.82) is 0 Å². The molecule has 0 aromatic heterocycles. The molecular weight excluding hydrogens is 272 g/mol. The first-order valence-corrected chi connectivity index (χ1v) is 8.13. The zero-order chi connectivity index (χ0) is 14.3. The van der Waals surface area contributed by atoms with Gasteiger partial charge in [0.05, 0.1) is 5.75 Å². The molecule has 0 aliphatic carbocycles. The molecule has 2 aliphatic rings. The van der Waals surface area contributed by atoms with Crippen LogP contribution in [0.4, 0.5) is 0 Å².